The second-order valence-corrected chi connectivity index (χ2v) is 5.96. The maximum Gasteiger partial charge on any atom is 0.336 e. The van der Waals surface area contributed by atoms with Crippen LogP contribution in [-0.4, -0.2) is 65.4 Å². The third-order valence-corrected chi connectivity index (χ3v) is 2.95. The van der Waals surface area contributed by atoms with E-state index >= 15 is 0 Å². The van der Waals surface area contributed by atoms with Gasteiger partial charge in [0.2, 0.25) is 0 Å². The SMILES string of the molecule is CCOC(=O)C(O)CN(CC(C)C)C(=O)NCC(C)CC(=O)O. The number of hydrogen-bond acceptors (Lipinski definition) is 5. The van der Waals surface area contributed by atoms with E-state index in [1.807, 2.05) is 13.8 Å². The second-order valence-electron chi connectivity index (χ2n) is 5.96. The van der Waals surface area contributed by atoms with Crippen molar-refractivity contribution < 1.29 is 29.3 Å². The van der Waals surface area contributed by atoms with Gasteiger partial charge in [-0.1, -0.05) is 20.8 Å². The third-order valence-electron chi connectivity index (χ3n) is 2.95. The van der Waals surface area contributed by atoms with Gasteiger partial charge in [-0.15, -0.1) is 0 Å². The molecule has 0 saturated carbocycles. The average Bonchev–Trinajstić information content (AvgIpc) is 2.42. The highest BCUT2D eigenvalue weighted by molar-refractivity contribution is 5.78. The fraction of sp³-hybridized carbons (Fsp3) is 0.800. The molecule has 23 heavy (non-hydrogen) atoms. The van der Waals surface area contributed by atoms with E-state index in [9.17, 15) is 19.5 Å². The van der Waals surface area contributed by atoms with E-state index in [-0.39, 0.29) is 38.0 Å². The molecule has 0 rings (SSSR count). The first-order valence-electron chi connectivity index (χ1n) is 7.76. The molecule has 2 atom stereocenters. The van der Waals surface area contributed by atoms with Crippen LogP contribution in [0.2, 0.25) is 0 Å². The topological polar surface area (TPSA) is 116 Å². The Balaban J connectivity index is 4.60. The van der Waals surface area contributed by atoms with Crippen molar-refractivity contribution in [3.05, 3.63) is 0 Å². The van der Waals surface area contributed by atoms with Crippen molar-refractivity contribution in [2.24, 2.45) is 11.8 Å². The molecular formula is C15H28N2O6. The number of nitrogens with zero attached hydrogens (tertiary/aromatic N) is 1. The van der Waals surface area contributed by atoms with Crippen LogP contribution in [0.4, 0.5) is 4.79 Å². The summed E-state index contributed by atoms with van der Waals surface area (Å²) in [5, 5.41) is 21.1. The van der Waals surface area contributed by atoms with Gasteiger partial charge in [-0.3, -0.25) is 4.79 Å². The molecule has 2 amide bonds. The Bertz CT molecular complexity index is 399. The molecule has 0 saturated heterocycles. The van der Waals surface area contributed by atoms with Crippen LogP contribution in [0.3, 0.4) is 0 Å². The summed E-state index contributed by atoms with van der Waals surface area (Å²) in [5.41, 5.74) is 0. The number of amides is 2. The quantitative estimate of drug-likeness (QED) is 0.507. The number of aliphatic hydroxyl groups is 1. The molecule has 0 aromatic rings. The zero-order valence-corrected chi connectivity index (χ0v) is 14.2. The summed E-state index contributed by atoms with van der Waals surface area (Å²) in [6.07, 6.45) is -1.45. The number of aliphatic hydroxyl groups excluding tert-OH is 1. The van der Waals surface area contributed by atoms with Gasteiger partial charge >= 0.3 is 18.0 Å². The van der Waals surface area contributed by atoms with E-state index in [1.165, 1.54) is 4.90 Å². The summed E-state index contributed by atoms with van der Waals surface area (Å²) in [7, 11) is 0. The minimum atomic E-state index is -1.41. The Labute approximate surface area is 136 Å². The molecular weight excluding hydrogens is 304 g/mol. The average molecular weight is 332 g/mol. The number of carbonyl (C=O) groups excluding carboxylic acids is 2. The molecule has 0 heterocycles. The van der Waals surface area contributed by atoms with E-state index < -0.39 is 24.1 Å². The highest BCUT2D eigenvalue weighted by Crippen LogP contribution is 2.04. The van der Waals surface area contributed by atoms with Crippen LogP contribution in [0.1, 0.15) is 34.1 Å². The number of urea groups is 1. The maximum atomic E-state index is 12.2. The lowest BCUT2D eigenvalue weighted by Crippen LogP contribution is -2.48. The van der Waals surface area contributed by atoms with Crippen molar-refractivity contribution >= 4 is 18.0 Å². The lowest BCUT2D eigenvalue weighted by atomic mass is 10.1. The first-order valence-corrected chi connectivity index (χ1v) is 7.76. The molecule has 8 nitrogen and oxygen atoms in total. The van der Waals surface area contributed by atoms with Gasteiger partial charge in [-0.2, -0.15) is 0 Å². The van der Waals surface area contributed by atoms with Crippen LogP contribution >= 0.6 is 0 Å². The maximum absolute atomic E-state index is 12.2. The van der Waals surface area contributed by atoms with Crippen LogP contribution in [-0.2, 0) is 14.3 Å². The van der Waals surface area contributed by atoms with Crippen molar-refractivity contribution in [1.82, 2.24) is 10.2 Å². The predicted octanol–water partition coefficient (Wildman–Crippen LogP) is 0.689. The van der Waals surface area contributed by atoms with Gasteiger partial charge in [-0.25, -0.2) is 9.59 Å². The minimum absolute atomic E-state index is 0.0457. The Morgan fingerprint density at radius 1 is 1.17 bits per heavy atom. The number of carbonyl (C=O) groups is 3. The van der Waals surface area contributed by atoms with Crippen LogP contribution in [0.25, 0.3) is 0 Å². The van der Waals surface area contributed by atoms with Gasteiger partial charge in [0.1, 0.15) is 0 Å². The van der Waals surface area contributed by atoms with Gasteiger partial charge in [0.15, 0.2) is 6.10 Å². The molecule has 134 valence electrons. The molecule has 3 N–H and O–H groups in total. The molecule has 0 aromatic carbocycles. The molecule has 0 aliphatic heterocycles. The Morgan fingerprint density at radius 3 is 2.26 bits per heavy atom. The van der Waals surface area contributed by atoms with Crippen LogP contribution < -0.4 is 5.32 Å². The number of esters is 1. The van der Waals surface area contributed by atoms with Crippen molar-refractivity contribution in [2.75, 3.05) is 26.2 Å². The summed E-state index contributed by atoms with van der Waals surface area (Å²) in [4.78, 5) is 35.6. The molecule has 0 spiro atoms. The van der Waals surface area contributed by atoms with Gasteiger partial charge in [0, 0.05) is 19.5 Å². The first kappa shape index (κ1) is 21.2. The highest BCUT2D eigenvalue weighted by Gasteiger charge is 2.24. The minimum Gasteiger partial charge on any atom is -0.481 e. The monoisotopic (exact) mass is 332 g/mol. The van der Waals surface area contributed by atoms with Gasteiger partial charge in [-0.05, 0) is 18.8 Å². The number of carboxylic acid groups (broad SMARTS) is 1. The summed E-state index contributed by atoms with van der Waals surface area (Å²) in [6.45, 7) is 7.70. The summed E-state index contributed by atoms with van der Waals surface area (Å²) in [6, 6.07) is -0.445. The number of rotatable bonds is 10. The van der Waals surface area contributed by atoms with Gasteiger partial charge in [0.05, 0.1) is 13.2 Å². The predicted molar refractivity (Wildman–Crippen MR) is 83.9 cm³/mol. The summed E-state index contributed by atoms with van der Waals surface area (Å²) >= 11 is 0. The summed E-state index contributed by atoms with van der Waals surface area (Å²) in [5.74, 6) is -1.77. The molecule has 0 aliphatic rings. The molecule has 8 heteroatoms. The lowest BCUT2D eigenvalue weighted by Gasteiger charge is -2.27. The van der Waals surface area contributed by atoms with Crippen molar-refractivity contribution in [3.8, 4) is 0 Å². The standard InChI is InChI=1S/C15H28N2O6/c1-5-23-14(21)12(18)9-17(8-10(2)3)15(22)16-7-11(4)6-13(19)20/h10-12,18H,5-9H2,1-4H3,(H,16,22)(H,19,20). The Hall–Kier alpha value is -1.83. The molecule has 0 aromatic heterocycles. The molecule has 0 fully saturated rings. The van der Waals surface area contributed by atoms with Crippen molar-refractivity contribution in [2.45, 2.75) is 40.2 Å². The first-order chi connectivity index (χ1) is 10.7. The fourth-order valence-corrected chi connectivity index (χ4v) is 1.95. The molecule has 2 unspecified atom stereocenters. The molecule has 0 bridgehead atoms. The number of ether oxygens (including phenoxy) is 1. The number of nitrogens with one attached hydrogen (secondary N) is 1. The van der Waals surface area contributed by atoms with E-state index in [4.69, 9.17) is 9.84 Å². The van der Waals surface area contributed by atoms with Crippen LogP contribution in [0.5, 0.6) is 0 Å². The number of carboxylic acids is 1. The third kappa shape index (κ3) is 9.72. The zero-order chi connectivity index (χ0) is 18.0. The summed E-state index contributed by atoms with van der Waals surface area (Å²) < 4.78 is 4.72. The normalized spacial score (nSPS) is 13.3. The van der Waals surface area contributed by atoms with Crippen LogP contribution in [0, 0.1) is 11.8 Å². The Kier molecular flexibility index (Phi) is 9.96. The Morgan fingerprint density at radius 2 is 1.78 bits per heavy atom. The van der Waals surface area contributed by atoms with Gasteiger partial charge in [0.25, 0.3) is 0 Å². The van der Waals surface area contributed by atoms with Gasteiger partial charge < -0.3 is 25.2 Å². The van der Waals surface area contributed by atoms with E-state index in [0.29, 0.717) is 6.54 Å². The largest absolute Gasteiger partial charge is 0.481 e. The zero-order valence-electron chi connectivity index (χ0n) is 14.2. The van der Waals surface area contributed by atoms with E-state index in [1.54, 1.807) is 13.8 Å². The van der Waals surface area contributed by atoms with E-state index in [0.717, 1.165) is 0 Å². The molecule has 0 radical (unpaired) electrons. The lowest BCUT2D eigenvalue weighted by molar-refractivity contribution is -0.153. The fourth-order valence-electron chi connectivity index (χ4n) is 1.95. The van der Waals surface area contributed by atoms with Crippen molar-refractivity contribution in [3.63, 3.8) is 0 Å². The van der Waals surface area contributed by atoms with Crippen LogP contribution in [0.15, 0.2) is 0 Å². The second kappa shape index (κ2) is 10.8. The molecule has 0 aliphatic carbocycles. The smallest absolute Gasteiger partial charge is 0.336 e. The number of hydrogen-bond donors (Lipinski definition) is 3. The van der Waals surface area contributed by atoms with E-state index in [2.05, 4.69) is 5.32 Å². The number of aliphatic carboxylic acids is 1. The van der Waals surface area contributed by atoms with Crippen molar-refractivity contribution in [1.29, 1.82) is 0 Å². The highest BCUT2D eigenvalue weighted by atomic mass is 16.5.